The van der Waals surface area contributed by atoms with Crippen LogP contribution >= 0.6 is 8.58 Å². The van der Waals surface area contributed by atoms with Gasteiger partial charge in [-0.05, 0) is 30.2 Å². The van der Waals surface area contributed by atoms with Crippen LogP contribution in [0.5, 0.6) is 0 Å². The molecule has 0 spiro atoms. The first-order valence-corrected chi connectivity index (χ1v) is 6.07. The second-order valence-electron chi connectivity index (χ2n) is 3.12. The molecule has 0 aromatic heterocycles. The predicted octanol–water partition coefficient (Wildman–Crippen LogP) is 3.37. The highest BCUT2D eigenvalue weighted by molar-refractivity contribution is 7.49. The molecule has 1 rings (SSSR count). The van der Waals surface area contributed by atoms with Crippen molar-refractivity contribution in [3.05, 3.63) is 53.6 Å². The van der Waals surface area contributed by atoms with E-state index in [1.165, 1.54) is 18.2 Å². The Kier molecular flexibility index (Phi) is 4.51. The first-order valence-electron chi connectivity index (χ1n) is 4.57. The van der Waals surface area contributed by atoms with E-state index in [1.54, 1.807) is 0 Å². The lowest BCUT2D eigenvalue weighted by Crippen LogP contribution is -1.89. The summed E-state index contributed by atoms with van der Waals surface area (Å²) in [5, 5.41) is 0.648. The molecular formula is C12H11F2OP. The fourth-order valence-electron chi connectivity index (χ4n) is 1.21. The van der Waals surface area contributed by atoms with Gasteiger partial charge in [0.2, 0.25) is 0 Å². The molecule has 0 bridgehead atoms. The maximum Gasteiger partial charge on any atom is 0.149 e. The van der Waals surface area contributed by atoms with Crippen LogP contribution in [-0.4, -0.2) is 13.0 Å². The van der Waals surface area contributed by atoms with E-state index in [0.29, 0.717) is 25.7 Å². The molecule has 0 heterocycles. The zero-order valence-electron chi connectivity index (χ0n) is 8.76. The number of carbonyl (C=O) groups is 1. The summed E-state index contributed by atoms with van der Waals surface area (Å²) in [6.45, 7) is 5.35. The van der Waals surface area contributed by atoms with Gasteiger partial charge in [-0.3, -0.25) is 4.79 Å². The van der Waals surface area contributed by atoms with E-state index < -0.39 is 11.6 Å². The Balaban J connectivity index is 3.18. The fourth-order valence-corrected chi connectivity index (χ4v) is 2.01. The van der Waals surface area contributed by atoms with E-state index >= 15 is 0 Å². The molecule has 0 fully saturated rings. The number of halogens is 2. The smallest absolute Gasteiger partial charge is 0.149 e. The number of hydrogen-bond acceptors (Lipinski definition) is 1. The molecule has 1 aromatic rings. The summed E-state index contributed by atoms with van der Waals surface area (Å²) in [5.41, 5.74) is 0.582. The van der Waals surface area contributed by atoms with Gasteiger partial charge >= 0.3 is 0 Å². The Morgan fingerprint density at radius 1 is 1.44 bits per heavy atom. The minimum atomic E-state index is -0.626. The van der Waals surface area contributed by atoms with Crippen molar-refractivity contribution < 1.29 is 13.6 Å². The van der Waals surface area contributed by atoms with E-state index in [2.05, 4.69) is 6.58 Å². The average Bonchev–Trinajstić information content (AvgIpc) is 2.26. The van der Waals surface area contributed by atoms with Crippen LogP contribution in [0.2, 0.25) is 0 Å². The van der Waals surface area contributed by atoms with Crippen molar-refractivity contribution in [2.24, 2.45) is 0 Å². The first-order chi connectivity index (χ1) is 7.58. The molecule has 0 amide bonds. The van der Waals surface area contributed by atoms with Gasteiger partial charge in [0.25, 0.3) is 0 Å². The lowest BCUT2D eigenvalue weighted by molar-refractivity contribution is -0.104. The highest BCUT2D eigenvalue weighted by Crippen LogP contribution is 2.33. The molecule has 1 atom stereocenters. The molecule has 16 heavy (non-hydrogen) atoms. The summed E-state index contributed by atoms with van der Waals surface area (Å²) in [5.74, 6) is -1.24. The van der Waals surface area contributed by atoms with Crippen molar-refractivity contribution in [3.63, 3.8) is 0 Å². The second kappa shape index (κ2) is 5.66. The number of hydrogen-bond donors (Lipinski definition) is 0. The molecule has 4 heteroatoms. The zero-order valence-corrected chi connectivity index (χ0v) is 9.76. The van der Waals surface area contributed by atoms with Crippen molar-refractivity contribution in [2.45, 2.75) is 0 Å². The lowest BCUT2D eigenvalue weighted by atomic mass is 10.1. The van der Waals surface area contributed by atoms with Gasteiger partial charge in [-0.25, -0.2) is 8.78 Å². The van der Waals surface area contributed by atoms with Crippen molar-refractivity contribution in [1.29, 1.82) is 0 Å². The normalized spacial score (nSPS) is 12.1. The van der Waals surface area contributed by atoms with Gasteiger partial charge in [-0.15, -0.1) is 0 Å². The highest BCUT2D eigenvalue weighted by atomic mass is 31.1. The fraction of sp³-hybridized carbons (Fsp3) is 0.0833. The van der Waals surface area contributed by atoms with E-state index in [-0.39, 0.29) is 5.57 Å². The van der Waals surface area contributed by atoms with Crippen molar-refractivity contribution in [1.82, 2.24) is 0 Å². The summed E-state index contributed by atoms with van der Waals surface area (Å²) in [6, 6.07) is 3.38. The molecule has 1 unspecified atom stereocenters. The number of carbonyl (C=O) groups excluding carboxylic acids is 1. The number of allylic oxidation sites excluding steroid dienone is 2. The molecule has 0 saturated carbocycles. The van der Waals surface area contributed by atoms with Crippen LogP contribution in [0, 0.1) is 11.6 Å². The van der Waals surface area contributed by atoms with Gasteiger partial charge in [-0.2, -0.15) is 0 Å². The topological polar surface area (TPSA) is 17.1 Å². The van der Waals surface area contributed by atoms with E-state index in [0.717, 1.165) is 6.07 Å². The Hall–Kier alpha value is -1.34. The van der Waals surface area contributed by atoms with Crippen LogP contribution in [0.15, 0.2) is 36.4 Å². The summed E-state index contributed by atoms with van der Waals surface area (Å²) < 4.78 is 26.2. The van der Waals surface area contributed by atoms with Crippen LogP contribution < -0.4 is 0 Å². The summed E-state index contributed by atoms with van der Waals surface area (Å²) in [7, 11) is 0.294. The molecule has 0 N–H and O–H groups in total. The highest BCUT2D eigenvalue weighted by Gasteiger charge is 2.07. The maximum absolute atomic E-state index is 13.4. The Morgan fingerprint density at radius 2 is 2.12 bits per heavy atom. The zero-order chi connectivity index (χ0) is 12.1. The van der Waals surface area contributed by atoms with Crippen molar-refractivity contribution >= 4 is 20.2 Å². The first kappa shape index (κ1) is 12.7. The maximum atomic E-state index is 13.4. The lowest BCUT2D eigenvalue weighted by Gasteiger charge is -2.06. The van der Waals surface area contributed by atoms with E-state index in [9.17, 15) is 13.6 Å². The van der Waals surface area contributed by atoms with Gasteiger partial charge in [0.15, 0.2) is 0 Å². The predicted molar refractivity (Wildman–Crippen MR) is 63.8 cm³/mol. The van der Waals surface area contributed by atoms with Crippen LogP contribution in [0.1, 0.15) is 5.56 Å². The largest absolute Gasteiger partial charge is 0.298 e. The third kappa shape index (κ3) is 3.07. The third-order valence-electron chi connectivity index (χ3n) is 1.97. The Morgan fingerprint density at radius 3 is 2.62 bits per heavy atom. The van der Waals surface area contributed by atoms with Crippen LogP contribution in [-0.2, 0) is 4.79 Å². The van der Waals surface area contributed by atoms with E-state index in [4.69, 9.17) is 0 Å². The second-order valence-corrected chi connectivity index (χ2v) is 4.16. The van der Waals surface area contributed by atoms with Gasteiger partial charge in [-0.1, -0.05) is 15.2 Å². The van der Waals surface area contributed by atoms with Gasteiger partial charge in [0.1, 0.15) is 17.9 Å². The average molecular weight is 240 g/mol. The molecule has 1 aromatic carbocycles. The molecule has 0 radical (unpaired) electrons. The Bertz CT molecular complexity index is 452. The van der Waals surface area contributed by atoms with Gasteiger partial charge < -0.3 is 0 Å². The summed E-state index contributed by atoms with van der Waals surface area (Å²) in [4.78, 5) is 10.4. The minimum absolute atomic E-state index is 0.271. The summed E-state index contributed by atoms with van der Waals surface area (Å²) >= 11 is 0. The van der Waals surface area contributed by atoms with Crippen LogP contribution in [0.25, 0.3) is 5.31 Å². The van der Waals surface area contributed by atoms with Crippen molar-refractivity contribution in [3.8, 4) is 0 Å². The number of aldehydes is 1. The monoisotopic (exact) mass is 240 g/mol. The molecule has 0 saturated heterocycles. The number of rotatable bonds is 4. The number of benzene rings is 1. The molecule has 0 aliphatic rings. The van der Waals surface area contributed by atoms with Crippen LogP contribution in [0.4, 0.5) is 8.78 Å². The van der Waals surface area contributed by atoms with Crippen molar-refractivity contribution in [2.75, 3.05) is 6.66 Å². The van der Waals surface area contributed by atoms with Gasteiger partial charge in [0.05, 0.1) is 0 Å². The minimum Gasteiger partial charge on any atom is -0.298 e. The summed E-state index contributed by atoms with van der Waals surface area (Å²) in [6.07, 6.45) is 2.11. The SMILES string of the molecule is C=C(C=O)/C=C(\PC)c1ccc(F)cc1F. The molecule has 0 aliphatic carbocycles. The molecule has 1 nitrogen and oxygen atoms in total. The third-order valence-corrected chi connectivity index (χ3v) is 2.92. The van der Waals surface area contributed by atoms with Crippen LogP contribution in [0.3, 0.4) is 0 Å². The quantitative estimate of drug-likeness (QED) is 0.341. The van der Waals surface area contributed by atoms with E-state index in [1.807, 2.05) is 6.66 Å². The Labute approximate surface area is 94.6 Å². The van der Waals surface area contributed by atoms with Gasteiger partial charge in [0, 0.05) is 17.2 Å². The standard InChI is InChI=1S/C12H11F2OP/c1-8(7-15)5-12(16-2)10-4-3-9(13)6-11(10)14/h3-7,16H,1H2,2H3/b12-5-. The molecule has 0 aliphatic heterocycles. The molecular weight excluding hydrogens is 229 g/mol. The molecule has 84 valence electrons.